The summed E-state index contributed by atoms with van der Waals surface area (Å²) in [5.41, 5.74) is 0.974. The Labute approximate surface area is 99.7 Å². The van der Waals surface area contributed by atoms with Gasteiger partial charge in [-0.1, -0.05) is 12.1 Å². The van der Waals surface area contributed by atoms with Crippen molar-refractivity contribution in [3.63, 3.8) is 0 Å². The van der Waals surface area contributed by atoms with E-state index in [2.05, 4.69) is 5.32 Å². The molecule has 0 bridgehead atoms. The van der Waals surface area contributed by atoms with Crippen molar-refractivity contribution in [2.24, 2.45) is 5.92 Å². The van der Waals surface area contributed by atoms with E-state index in [1.807, 2.05) is 6.92 Å². The van der Waals surface area contributed by atoms with E-state index < -0.39 is 5.97 Å². The molecule has 17 heavy (non-hydrogen) atoms. The molecule has 0 heterocycles. The van der Waals surface area contributed by atoms with Crippen molar-refractivity contribution in [3.8, 4) is 0 Å². The van der Waals surface area contributed by atoms with Crippen LogP contribution in [0.25, 0.3) is 0 Å². The van der Waals surface area contributed by atoms with Gasteiger partial charge in [-0.05, 0) is 37.5 Å². The summed E-state index contributed by atoms with van der Waals surface area (Å²) in [6.45, 7) is 1.96. The highest BCUT2D eigenvalue weighted by Crippen LogP contribution is 2.29. The van der Waals surface area contributed by atoms with E-state index in [-0.39, 0.29) is 23.8 Å². The Bertz CT molecular complexity index is 404. The van der Waals surface area contributed by atoms with Crippen molar-refractivity contribution in [3.05, 3.63) is 35.6 Å². The molecule has 4 heteroatoms. The van der Waals surface area contributed by atoms with Crippen LogP contribution < -0.4 is 5.32 Å². The second kappa shape index (κ2) is 4.84. The number of carboxylic acids is 1. The molecular formula is C13H16FNO2. The Balaban J connectivity index is 1.95. The summed E-state index contributed by atoms with van der Waals surface area (Å²) in [6.07, 6.45) is 1.63. The molecule has 2 rings (SSSR count). The van der Waals surface area contributed by atoms with Gasteiger partial charge in [0.2, 0.25) is 0 Å². The Hall–Kier alpha value is -1.42. The predicted octanol–water partition coefficient (Wildman–Crippen LogP) is 2.34. The number of nitrogens with one attached hydrogen (secondary N) is 1. The van der Waals surface area contributed by atoms with Crippen LogP contribution in [-0.2, 0) is 4.79 Å². The summed E-state index contributed by atoms with van der Waals surface area (Å²) >= 11 is 0. The van der Waals surface area contributed by atoms with Crippen molar-refractivity contribution < 1.29 is 14.3 Å². The standard InChI is InChI=1S/C13H16FNO2/c1-8(9-2-4-10(14)5-3-9)15-12-7-6-11(12)13(16)17/h2-5,8,11-12,15H,6-7H2,1H3,(H,16,17)/t8-,11?,12?/m0/s1. The molecule has 1 aromatic carbocycles. The number of carbonyl (C=O) groups is 1. The third kappa shape index (κ3) is 2.64. The number of hydrogen-bond acceptors (Lipinski definition) is 2. The first-order chi connectivity index (χ1) is 8.08. The molecule has 3 nitrogen and oxygen atoms in total. The number of rotatable bonds is 4. The minimum atomic E-state index is -0.736. The third-order valence-electron chi connectivity index (χ3n) is 3.43. The number of aliphatic carboxylic acids is 1. The monoisotopic (exact) mass is 237 g/mol. The zero-order chi connectivity index (χ0) is 12.4. The fourth-order valence-corrected chi connectivity index (χ4v) is 2.16. The van der Waals surface area contributed by atoms with Gasteiger partial charge in [-0.25, -0.2) is 4.39 Å². The summed E-state index contributed by atoms with van der Waals surface area (Å²) in [5.74, 6) is -1.27. The van der Waals surface area contributed by atoms with E-state index in [9.17, 15) is 9.18 Å². The summed E-state index contributed by atoms with van der Waals surface area (Å²) < 4.78 is 12.8. The maximum absolute atomic E-state index is 12.8. The molecule has 0 aromatic heterocycles. The van der Waals surface area contributed by atoms with Gasteiger partial charge in [-0.3, -0.25) is 4.79 Å². The van der Waals surface area contributed by atoms with Crippen LogP contribution in [0, 0.1) is 11.7 Å². The van der Waals surface area contributed by atoms with Gasteiger partial charge in [0.25, 0.3) is 0 Å². The lowest BCUT2D eigenvalue weighted by atomic mass is 9.79. The highest BCUT2D eigenvalue weighted by atomic mass is 19.1. The number of benzene rings is 1. The molecule has 1 aromatic rings. The lowest BCUT2D eigenvalue weighted by Gasteiger charge is -2.36. The molecule has 0 radical (unpaired) electrons. The van der Waals surface area contributed by atoms with E-state index in [4.69, 9.17) is 5.11 Å². The number of halogens is 1. The quantitative estimate of drug-likeness (QED) is 0.845. The van der Waals surface area contributed by atoms with Crippen LogP contribution in [0.5, 0.6) is 0 Å². The molecule has 2 unspecified atom stereocenters. The smallest absolute Gasteiger partial charge is 0.308 e. The lowest BCUT2D eigenvalue weighted by Crippen LogP contribution is -2.48. The van der Waals surface area contributed by atoms with E-state index in [1.54, 1.807) is 12.1 Å². The maximum Gasteiger partial charge on any atom is 0.308 e. The highest BCUT2D eigenvalue weighted by Gasteiger charge is 2.37. The first kappa shape index (κ1) is 12.0. The minimum absolute atomic E-state index is 0.0348. The Morgan fingerprint density at radius 1 is 1.41 bits per heavy atom. The normalized spacial score (nSPS) is 25.1. The van der Waals surface area contributed by atoms with Crippen LogP contribution in [0.3, 0.4) is 0 Å². The SMILES string of the molecule is C[C@H](NC1CCC1C(=O)O)c1ccc(F)cc1. The Morgan fingerprint density at radius 3 is 2.53 bits per heavy atom. The van der Waals surface area contributed by atoms with Crippen molar-refractivity contribution >= 4 is 5.97 Å². The summed E-state index contributed by atoms with van der Waals surface area (Å²) in [6, 6.07) is 6.37. The van der Waals surface area contributed by atoms with Gasteiger partial charge in [-0.2, -0.15) is 0 Å². The van der Waals surface area contributed by atoms with Gasteiger partial charge in [0.1, 0.15) is 5.82 Å². The molecule has 1 fully saturated rings. The zero-order valence-electron chi connectivity index (χ0n) is 9.69. The fraction of sp³-hybridized carbons (Fsp3) is 0.462. The van der Waals surface area contributed by atoms with Gasteiger partial charge in [0.15, 0.2) is 0 Å². The lowest BCUT2D eigenvalue weighted by molar-refractivity contribution is -0.146. The molecule has 0 aliphatic heterocycles. The van der Waals surface area contributed by atoms with E-state index in [0.717, 1.165) is 18.4 Å². The number of carboxylic acid groups (broad SMARTS) is 1. The Morgan fingerprint density at radius 2 is 2.06 bits per heavy atom. The molecule has 1 aliphatic rings. The van der Waals surface area contributed by atoms with E-state index >= 15 is 0 Å². The molecule has 0 saturated heterocycles. The first-order valence-corrected chi connectivity index (χ1v) is 5.82. The van der Waals surface area contributed by atoms with Crippen molar-refractivity contribution in [2.75, 3.05) is 0 Å². The van der Waals surface area contributed by atoms with Gasteiger partial charge < -0.3 is 10.4 Å². The zero-order valence-corrected chi connectivity index (χ0v) is 9.69. The van der Waals surface area contributed by atoms with Crippen molar-refractivity contribution in [2.45, 2.75) is 31.8 Å². The van der Waals surface area contributed by atoms with Crippen LogP contribution in [0.15, 0.2) is 24.3 Å². The maximum atomic E-state index is 12.8. The van der Waals surface area contributed by atoms with Crippen LogP contribution in [-0.4, -0.2) is 17.1 Å². The second-order valence-corrected chi connectivity index (χ2v) is 4.57. The molecule has 1 saturated carbocycles. The van der Waals surface area contributed by atoms with Gasteiger partial charge in [0.05, 0.1) is 5.92 Å². The van der Waals surface area contributed by atoms with Gasteiger partial charge >= 0.3 is 5.97 Å². The first-order valence-electron chi connectivity index (χ1n) is 5.82. The summed E-state index contributed by atoms with van der Waals surface area (Å²) in [5, 5.41) is 12.2. The van der Waals surface area contributed by atoms with Crippen molar-refractivity contribution in [1.82, 2.24) is 5.32 Å². The molecular weight excluding hydrogens is 221 g/mol. The Kier molecular flexibility index (Phi) is 3.43. The topological polar surface area (TPSA) is 49.3 Å². The molecule has 92 valence electrons. The predicted molar refractivity (Wildman–Crippen MR) is 62.1 cm³/mol. The van der Waals surface area contributed by atoms with Gasteiger partial charge in [-0.15, -0.1) is 0 Å². The van der Waals surface area contributed by atoms with E-state index in [1.165, 1.54) is 12.1 Å². The van der Waals surface area contributed by atoms with Crippen LogP contribution in [0.4, 0.5) is 4.39 Å². The highest BCUT2D eigenvalue weighted by molar-refractivity contribution is 5.72. The largest absolute Gasteiger partial charge is 0.481 e. The second-order valence-electron chi connectivity index (χ2n) is 4.57. The molecule has 0 amide bonds. The molecule has 2 N–H and O–H groups in total. The molecule has 0 spiro atoms. The third-order valence-corrected chi connectivity index (χ3v) is 3.43. The van der Waals surface area contributed by atoms with E-state index in [0.29, 0.717) is 0 Å². The van der Waals surface area contributed by atoms with Crippen LogP contribution >= 0.6 is 0 Å². The molecule has 3 atom stereocenters. The molecule has 1 aliphatic carbocycles. The minimum Gasteiger partial charge on any atom is -0.481 e. The fourth-order valence-electron chi connectivity index (χ4n) is 2.16. The summed E-state index contributed by atoms with van der Waals surface area (Å²) in [4.78, 5) is 10.9. The van der Waals surface area contributed by atoms with Gasteiger partial charge in [0, 0.05) is 12.1 Å². The average Bonchev–Trinajstić information content (AvgIpc) is 2.24. The average molecular weight is 237 g/mol. The van der Waals surface area contributed by atoms with Crippen molar-refractivity contribution in [1.29, 1.82) is 0 Å². The number of hydrogen-bond donors (Lipinski definition) is 2. The van der Waals surface area contributed by atoms with Crippen LogP contribution in [0.1, 0.15) is 31.4 Å². The van der Waals surface area contributed by atoms with Crippen LogP contribution in [0.2, 0.25) is 0 Å². The summed E-state index contributed by atoms with van der Waals surface area (Å²) in [7, 11) is 0.